The van der Waals surface area contributed by atoms with E-state index < -0.39 is 0 Å². The molecule has 0 spiro atoms. The predicted octanol–water partition coefficient (Wildman–Crippen LogP) is -1.67. The van der Waals surface area contributed by atoms with Gasteiger partial charge in [-0.25, -0.2) is 6.07 Å². The van der Waals surface area contributed by atoms with Crippen molar-refractivity contribution in [3.8, 4) is 0 Å². The molecule has 0 aliphatic heterocycles. The molecule has 0 fully saturated rings. The maximum absolute atomic E-state index is 5.15. The third-order valence-electron chi connectivity index (χ3n) is 0.804. The maximum atomic E-state index is 5.15. The van der Waals surface area contributed by atoms with Crippen LogP contribution in [0.15, 0.2) is 18.5 Å². The van der Waals surface area contributed by atoms with E-state index in [1.54, 1.807) is 18.5 Å². The van der Waals surface area contributed by atoms with Crippen molar-refractivity contribution in [3.05, 3.63) is 36.7 Å². The first-order valence-corrected chi connectivity index (χ1v) is 2.30. The fourth-order valence-electron chi connectivity index (χ4n) is 0.428. The van der Waals surface area contributed by atoms with Gasteiger partial charge in [0.2, 0.25) is 0 Å². The van der Waals surface area contributed by atoms with E-state index in [4.69, 9.17) is 6.58 Å². The van der Waals surface area contributed by atoms with Crippen LogP contribution in [0, 0.1) is 12.6 Å². The van der Waals surface area contributed by atoms with Gasteiger partial charge in [-0.2, -0.15) is 0 Å². The third-order valence-corrected chi connectivity index (χ3v) is 0.804. The van der Waals surface area contributed by atoms with Crippen LogP contribution in [0.4, 0.5) is 0 Å². The Balaban J connectivity index is 0.000000640. The van der Waals surface area contributed by atoms with Crippen LogP contribution in [0.3, 0.4) is 0 Å². The van der Waals surface area contributed by atoms with Crippen LogP contribution in [0.25, 0.3) is 6.08 Å². The van der Waals surface area contributed by atoms with Crippen LogP contribution in [-0.2, 0) is 0 Å². The standard InChI is InChI=1S/C7H5N.K/c1-2-7-4-3-5-8-6-7;/h1-3,5-6H;/q-2;+1. The second-order valence-electron chi connectivity index (χ2n) is 1.36. The molecule has 1 aromatic rings. The Morgan fingerprint density at radius 2 is 2.44 bits per heavy atom. The van der Waals surface area contributed by atoms with Gasteiger partial charge in [0.05, 0.1) is 0 Å². The summed E-state index contributed by atoms with van der Waals surface area (Å²) in [6, 6.07) is 4.60. The summed E-state index contributed by atoms with van der Waals surface area (Å²) >= 11 is 0. The Labute approximate surface area is 97.6 Å². The van der Waals surface area contributed by atoms with Crippen LogP contribution >= 0.6 is 0 Å². The molecule has 2 heteroatoms. The molecule has 1 aromatic heterocycles. The number of nitrogens with zero attached hydrogens (tertiary/aromatic N) is 1. The first-order chi connectivity index (χ1) is 3.93. The summed E-state index contributed by atoms with van der Waals surface area (Å²) in [5.74, 6) is 0. The van der Waals surface area contributed by atoms with E-state index in [9.17, 15) is 0 Å². The molecule has 0 aliphatic carbocycles. The Morgan fingerprint density at radius 3 is 2.78 bits per heavy atom. The number of hydrogen-bond donors (Lipinski definition) is 0. The van der Waals surface area contributed by atoms with Gasteiger partial charge in [-0.05, 0) is 0 Å². The SMILES string of the molecule is [CH-]=Cc1[c-]ccnc1.[K+]. The second kappa shape index (κ2) is 5.32. The van der Waals surface area contributed by atoms with Gasteiger partial charge in [-0.1, -0.05) is 6.20 Å². The van der Waals surface area contributed by atoms with Gasteiger partial charge in [0.1, 0.15) is 0 Å². The van der Waals surface area contributed by atoms with Gasteiger partial charge >= 0.3 is 51.4 Å². The molecule has 1 heterocycles. The van der Waals surface area contributed by atoms with Crippen LogP contribution < -0.4 is 51.4 Å². The van der Waals surface area contributed by atoms with Gasteiger partial charge in [0.25, 0.3) is 0 Å². The van der Waals surface area contributed by atoms with Crippen LogP contribution in [0.1, 0.15) is 5.56 Å². The van der Waals surface area contributed by atoms with Crippen molar-refractivity contribution < 1.29 is 51.4 Å². The monoisotopic (exact) mass is 142 g/mol. The molecule has 0 saturated heterocycles. The summed E-state index contributed by atoms with van der Waals surface area (Å²) < 4.78 is 0. The smallest absolute Gasteiger partial charge is 0.379 e. The van der Waals surface area contributed by atoms with Crippen LogP contribution in [0.2, 0.25) is 0 Å². The van der Waals surface area contributed by atoms with Crippen molar-refractivity contribution in [2.24, 2.45) is 0 Å². The summed E-state index contributed by atoms with van der Waals surface area (Å²) in [6.45, 7) is 5.15. The Hall–Kier alpha value is 0.526. The molecule has 0 bridgehead atoms. The van der Waals surface area contributed by atoms with Crippen molar-refractivity contribution >= 4 is 6.08 Å². The second-order valence-corrected chi connectivity index (χ2v) is 1.36. The first-order valence-electron chi connectivity index (χ1n) is 2.30. The zero-order valence-corrected chi connectivity index (χ0v) is 8.46. The fourth-order valence-corrected chi connectivity index (χ4v) is 0.428. The topological polar surface area (TPSA) is 12.9 Å². The normalized spacial score (nSPS) is 7.56. The van der Waals surface area contributed by atoms with Crippen LogP contribution in [0.5, 0.6) is 0 Å². The van der Waals surface area contributed by atoms with Crippen molar-refractivity contribution in [1.82, 2.24) is 4.98 Å². The summed E-state index contributed by atoms with van der Waals surface area (Å²) in [4.78, 5) is 3.81. The van der Waals surface area contributed by atoms with Gasteiger partial charge < -0.3 is 17.6 Å². The van der Waals surface area contributed by atoms with Crippen molar-refractivity contribution in [3.63, 3.8) is 0 Å². The van der Waals surface area contributed by atoms with Crippen molar-refractivity contribution in [1.29, 1.82) is 0 Å². The molecule has 0 N–H and O–H groups in total. The average Bonchev–Trinajstić information content (AvgIpc) is 1.90. The largest absolute Gasteiger partial charge is 1.00 e. The van der Waals surface area contributed by atoms with Gasteiger partial charge in [-0.15, -0.1) is 12.3 Å². The minimum Gasteiger partial charge on any atom is -0.379 e. The number of hydrogen-bond acceptors (Lipinski definition) is 1. The molecule has 1 rings (SSSR count). The Morgan fingerprint density at radius 1 is 1.67 bits per heavy atom. The number of pyridine rings is 1. The van der Waals surface area contributed by atoms with Gasteiger partial charge in [0.15, 0.2) is 0 Å². The minimum absolute atomic E-state index is 0. The molecular formula is C7H5KN-. The molecule has 0 atom stereocenters. The van der Waals surface area contributed by atoms with E-state index >= 15 is 0 Å². The Bertz CT molecular complexity index is 172. The molecule has 0 radical (unpaired) electrons. The summed E-state index contributed by atoms with van der Waals surface area (Å²) in [5, 5.41) is 0. The molecule has 0 aliphatic rings. The van der Waals surface area contributed by atoms with Crippen molar-refractivity contribution in [2.45, 2.75) is 0 Å². The minimum atomic E-state index is 0. The van der Waals surface area contributed by atoms with Gasteiger partial charge in [0, 0.05) is 0 Å². The zero-order valence-electron chi connectivity index (χ0n) is 5.33. The quantitative estimate of drug-likeness (QED) is 0.337. The molecule has 9 heavy (non-hydrogen) atoms. The molecule has 0 amide bonds. The summed E-state index contributed by atoms with van der Waals surface area (Å²) in [7, 11) is 0. The zero-order chi connectivity index (χ0) is 5.82. The predicted molar refractivity (Wildman–Crippen MR) is 31.8 cm³/mol. The van der Waals surface area contributed by atoms with Crippen molar-refractivity contribution in [2.75, 3.05) is 0 Å². The van der Waals surface area contributed by atoms with Crippen LogP contribution in [-0.4, -0.2) is 4.98 Å². The average molecular weight is 142 g/mol. The number of aromatic nitrogens is 1. The molecule has 40 valence electrons. The molecule has 0 saturated carbocycles. The number of rotatable bonds is 1. The van der Waals surface area contributed by atoms with E-state index in [1.807, 2.05) is 0 Å². The van der Waals surface area contributed by atoms with E-state index in [-0.39, 0.29) is 51.4 Å². The van der Waals surface area contributed by atoms with E-state index in [0.717, 1.165) is 5.56 Å². The fraction of sp³-hybridized carbons (Fsp3) is 0. The molecule has 1 nitrogen and oxygen atoms in total. The van der Waals surface area contributed by atoms with E-state index in [1.165, 1.54) is 6.08 Å². The first kappa shape index (κ1) is 9.53. The molecule has 0 aromatic carbocycles. The summed E-state index contributed by atoms with van der Waals surface area (Å²) in [5.41, 5.74) is 0.826. The van der Waals surface area contributed by atoms with Gasteiger partial charge in [-0.3, -0.25) is 5.56 Å². The third kappa shape index (κ3) is 3.28. The van der Waals surface area contributed by atoms with E-state index in [2.05, 4.69) is 11.1 Å². The molecule has 0 unspecified atom stereocenters. The summed E-state index contributed by atoms with van der Waals surface area (Å²) in [6.07, 6.45) is 4.78. The van der Waals surface area contributed by atoms with E-state index in [0.29, 0.717) is 0 Å². The maximum Gasteiger partial charge on any atom is 1.00 e. The molecular weight excluding hydrogens is 137 g/mol. The Kier molecular flexibility index (Phi) is 5.63.